The lowest BCUT2D eigenvalue weighted by Crippen LogP contribution is -1.77. The fourth-order valence-corrected chi connectivity index (χ4v) is 3.85. The molecule has 2 nitrogen and oxygen atoms in total. The van der Waals surface area contributed by atoms with Gasteiger partial charge < -0.3 is 4.42 Å². The fraction of sp³-hybridized carbons (Fsp3) is 0. The highest BCUT2D eigenvalue weighted by atomic mass is 127. The van der Waals surface area contributed by atoms with E-state index in [0.29, 0.717) is 21.4 Å². The quantitative estimate of drug-likeness (QED) is 0.414. The summed E-state index contributed by atoms with van der Waals surface area (Å²) in [7, 11) is -1.78. The highest BCUT2D eigenvalue weighted by Crippen LogP contribution is 2.37. The van der Waals surface area contributed by atoms with Gasteiger partial charge in [0.1, 0.15) is 5.82 Å². The maximum Gasteiger partial charge on any atom is 0.423 e. The van der Waals surface area contributed by atoms with E-state index < -0.39 is 13.2 Å². The Morgan fingerprint density at radius 2 is 1.71 bits per heavy atom. The smallest absolute Gasteiger partial charge is 0.423 e. The van der Waals surface area contributed by atoms with Crippen LogP contribution in [0.3, 0.4) is 0 Å². The molecular formula is C12H6FIO2P+. The molecule has 0 bridgehead atoms. The van der Waals surface area contributed by atoms with E-state index in [4.69, 9.17) is 4.42 Å². The van der Waals surface area contributed by atoms with Crippen LogP contribution in [-0.2, 0) is 4.57 Å². The van der Waals surface area contributed by atoms with Gasteiger partial charge in [0.05, 0.1) is 0 Å². The second-order valence-electron chi connectivity index (χ2n) is 3.62. The standard InChI is InChI=1S/C12H6FIO2P/c13-7-1-3-9-11(5-7)17(15)12-6-8(14)2-4-10(12)16-9/h1-6H/q+1. The molecule has 84 valence electrons. The first-order chi connectivity index (χ1) is 8.15. The molecular weight excluding hydrogens is 353 g/mol. The van der Waals surface area contributed by atoms with Crippen molar-refractivity contribution in [3.05, 3.63) is 45.8 Å². The topological polar surface area (TPSA) is 30.2 Å². The van der Waals surface area contributed by atoms with Crippen LogP contribution in [0.25, 0.3) is 21.4 Å². The molecule has 0 aliphatic carbocycles. The molecule has 1 heterocycles. The summed E-state index contributed by atoms with van der Waals surface area (Å²) >= 11 is 2.14. The van der Waals surface area contributed by atoms with Crippen LogP contribution in [0.15, 0.2) is 40.8 Å². The number of fused-ring (bicyclic) bond motifs is 2. The van der Waals surface area contributed by atoms with Crippen molar-refractivity contribution in [2.24, 2.45) is 0 Å². The zero-order valence-electron chi connectivity index (χ0n) is 8.48. The minimum absolute atomic E-state index is 0.398. The summed E-state index contributed by atoms with van der Waals surface area (Å²) < 4.78 is 32.0. The Kier molecular flexibility index (Phi) is 2.64. The van der Waals surface area contributed by atoms with Gasteiger partial charge >= 0.3 is 7.41 Å². The van der Waals surface area contributed by atoms with Crippen molar-refractivity contribution in [3.63, 3.8) is 0 Å². The minimum Gasteiger partial charge on any atom is -0.448 e. The third kappa shape index (κ3) is 1.85. The Hall–Kier alpha value is -1.000. The highest BCUT2D eigenvalue weighted by molar-refractivity contribution is 14.1. The lowest BCUT2D eigenvalue weighted by Gasteiger charge is -1.95. The van der Waals surface area contributed by atoms with Gasteiger partial charge in [-0.1, -0.05) is 4.57 Å². The third-order valence-corrected chi connectivity index (χ3v) is 4.74. The van der Waals surface area contributed by atoms with E-state index in [9.17, 15) is 8.96 Å². The largest absolute Gasteiger partial charge is 0.448 e. The summed E-state index contributed by atoms with van der Waals surface area (Å²) in [5.41, 5.74) is 1.06. The Balaban J connectivity index is 2.58. The molecule has 0 aliphatic heterocycles. The predicted molar refractivity (Wildman–Crippen MR) is 74.0 cm³/mol. The molecule has 1 unspecified atom stereocenters. The van der Waals surface area contributed by atoms with Crippen molar-refractivity contribution >= 4 is 51.4 Å². The van der Waals surface area contributed by atoms with Gasteiger partial charge in [-0.05, 0) is 46.9 Å². The van der Waals surface area contributed by atoms with Gasteiger partial charge in [-0.3, -0.25) is 0 Å². The summed E-state index contributed by atoms with van der Waals surface area (Å²) in [5.74, 6) is -0.398. The van der Waals surface area contributed by atoms with Crippen molar-refractivity contribution in [2.45, 2.75) is 0 Å². The number of hydrogen-bond acceptors (Lipinski definition) is 2. The molecule has 3 rings (SSSR count). The number of halogens is 2. The summed E-state index contributed by atoms with van der Waals surface area (Å²) in [6, 6.07) is 9.57. The summed E-state index contributed by atoms with van der Waals surface area (Å²) in [6.45, 7) is 0. The van der Waals surface area contributed by atoms with Gasteiger partial charge in [0.15, 0.2) is 11.2 Å². The van der Waals surface area contributed by atoms with Crippen molar-refractivity contribution in [1.82, 2.24) is 0 Å². The lowest BCUT2D eigenvalue weighted by molar-refractivity contribution is 0.599. The van der Waals surface area contributed by atoms with E-state index >= 15 is 0 Å². The van der Waals surface area contributed by atoms with Crippen LogP contribution < -0.4 is 0 Å². The monoisotopic (exact) mass is 359 g/mol. The molecule has 0 amide bonds. The Morgan fingerprint density at radius 1 is 1.06 bits per heavy atom. The van der Waals surface area contributed by atoms with Gasteiger partial charge in [0.2, 0.25) is 10.2 Å². The summed E-state index contributed by atoms with van der Waals surface area (Å²) in [6.07, 6.45) is 0. The van der Waals surface area contributed by atoms with Gasteiger partial charge in [-0.25, -0.2) is 4.39 Å². The molecule has 2 aromatic carbocycles. The van der Waals surface area contributed by atoms with Crippen molar-refractivity contribution < 1.29 is 13.4 Å². The highest BCUT2D eigenvalue weighted by Gasteiger charge is 2.19. The van der Waals surface area contributed by atoms with Crippen LogP contribution in [0.4, 0.5) is 4.39 Å². The first-order valence-electron chi connectivity index (χ1n) is 4.89. The predicted octanol–water partition coefficient (Wildman–Crippen LogP) is 5.07. The van der Waals surface area contributed by atoms with Gasteiger partial charge in [0, 0.05) is 15.7 Å². The van der Waals surface area contributed by atoms with Crippen LogP contribution >= 0.6 is 30.0 Å². The van der Waals surface area contributed by atoms with Gasteiger partial charge in [-0.2, -0.15) is 0 Å². The molecule has 0 fully saturated rings. The molecule has 1 atom stereocenters. The van der Waals surface area contributed by atoms with Crippen LogP contribution in [-0.4, -0.2) is 0 Å². The van der Waals surface area contributed by atoms with Crippen LogP contribution in [0.1, 0.15) is 0 Å². The first kappa shape index (κ1) is 11.1. The third-order valence-electron chi connectivity index (χ3n) is 2.50. The fourth-order valence-electron chi connectivity index (χ4n) is 1.72. The molecule has 0 saturated carbocycles. The Bertz CT molecular complexity index is 734. The average molecular weight is 359 g/mol. The zero-order chi connectivity index (χ0) is 12.0. The molecule has 0 N–H and O–H groups in total. The number of benzene rings is 2. The molecule has 3 aromatic rings. The molecule has 1 aromatic heterocycles. The summed E-state index contributed by atoms with van der Waals surface area (Å²) in [5, 5.41) is 1.06. The van der Waals surface area contributed by atoms with Crippen LogP contribution in [0.5, 0.6) is 0 Å². The Morgan fingerprint density at radius 3 is 2.47 bits per heavy atom. The van der Waals surface area contributed by atoms with E-state index in [1.807, 2.05) is 12.1 Å². The maximum absolute atomic E-state index is 13.1. The minimum atomic E-state index is -1.78. The van der Waals surface area contributed by atoms with E-state index in [-0.39, 0.29) is 0 Å². The number of hydrogen-bond donors (Lipinski definition) is 0. The lowest BCUT2D eigenvalue weighted by atomic mass is 10.3. The second kappa shape index (κ2) is 4.03. The second-order valence-corrected chi connectivity index (χ2v) is 6.42. The molecule has 0 aliphatic rings. The molecule has 0 radical (unpaired) electrons. The van der Waals surface area contributed by atoms with E-state index in [1.165, 1.54) is 18.2 Å². The average Bonchev–Trinajstić information content (AvgIpc) is 2.32. The van der Waals surface area contributed by atoms with Crippen LogP contribution in [0, 0.1) is 9.39 Å². The van der Waals surface area contributed by atoms with Crippen molar-refractivity contribution in [2.75, 3.05) is 0 Å². The van der Waals surface area contributed by atoms with Gasteiger partial charge in [-0.15, -0.1) is 0 Å². The number of rotatable bonds is 0. The molecule has 5 heteroatoms. The van der Waals surface area contributed by atoms with E-state index in [1.54, 1.807) is 6.07 Å². The molecule has 0 spiro atoms. The van der Waals surface area contributed by atoms with Crippen molar-refractivity contribution in [3.8, 4) is 0 Å². The van der Waals surface area contributed by atoms with Gasteiger partial charge in [0.25, 0.3) is 0 Å². The SMILES string of the molecule is O=[p+]1c2cc(F)ccc2oc2ccc(I)cc21. The van der Waals surface area contributed by atoms with Crippen LogP contribution in [0.2, 0.25) is 0 Å². The first-order valence-corrected chi connectivity index (χ1v) is 7.23. The van der Waals surface area contributed by atoms with Crippen molar-refractivity contribution in [1.29, 1.82) is 0 Å². The normalized spacial score (nSPS) is 12.2. The molecule has 0 saturated heterocycles. The van der Waals surface area contributed by atoms with E-state index in [2.05, 4.69) is 22.6 Å². The van der Waals surface area contributed by atoms with E-state index in [0.717, 1.165) is 3.57 Å². The summed E-state index contributed by atoms with van der Waals surface area (Å²) in [4.78, 5) is 0. The maximum atomic E-state index is 13.1. The molecule has 17 heavy (non-hydrogen) atoms. The Labute approximate surface area is 110 Å². The zero-order valence-corrected chi connectivity index (χ0v) is 11.5.